The van der Waals surface area contributed by atoms with Crippen LogP contribution in [0, 0.1) is 0 Å². The number of nitrogens with zero attached hydrogens (tertiary/aromatic N) is 1. The van der Waals surface area contributed by atoms with Crippen molar-refractivity contribution in [1.82, 2.24) is 4.98 Å². The molecule has 0 N–H and O–H groups in total. The van der Waals surface area contributed by atoms with Crippen LogP contribution in [0.4, 0.5) is 0 Å². The Kier molecular flexibility index (Phi) is 3.33. The van der Waals surface area contributed by atoms with E-state index in [0.29, 0.717) is 17.7 Å². The van der Waals surface area contributed by atoms with E-state index in [0.717, 1.165) is 18.3 Å². The lowest BCUT2D eigenvalue weighted by Gasteiger charge is -2.32. The van der Waals surface area contributed by atoms with Gasteiger partial charge in [0.15, 0.2) is 6.29 Å². The van der Waals surface area contributed by atoms with Crippen LogP contribution in [0.25, 0.3) is 0 Å². The number of hydrogen-bond acceptors (Lipinski definition) is 5. The quantitative estimate of drug-likeness (QED) is 0.624. The minimum Gasteiger partial charge on any atom is -0.488 e. The molecule has 1 saturated carbocycles. The van der Waals surface area contributed by atoms with E-state index in [-0.39, 0.29) is 6.10 Å². The topological polar surface area (TPSA) is 57.7 Å². The zero-order valence-corrected chi connectivity index (χ0v) is 12.9. The molecule has 1 aliphatic carbocycles. The molecule has 2 heterocycles. The van der Waals surface area contributed by atoms with E-state index in [9.17, 15) is 4.79 Å². The van der Waals surface area contributed by atoms with Gasteiger partial charge >= 0.3 is 7.12 Å². The van der Waals surface area contributed by atoms with Crippen LogP contribution in [0.3, 0.4) is 0 Å². The first-order valence-corrected chi connectivity index (χ1v) is 7.30. The van der Waals surface area contributed by atoms with Crippen LogP contribution in [0.1, 0.15) is 51.0 Å². The van der Waals surface area contributed by atoms with Crippen LogP contribution in [0.2, 0.25) is 0 Å². The zero-order chi connectivity index (χ0) is 15.3. The number of pyridine rings is 1. The lowest BCUT2D eigenvalue weighted by Crippen LogP contribution is -2.41. The lowest BCUT2D eigenvalue weighted by atomic mass is 9.78. The standard InChI is InChI=1S/C15H20BNO4/c1-14(2)15(3,4)21-16(20-14)11-7-8-17-12(9-18)13(11)19-10-5-6-10/h7-10H,5-6H2,1-4H3. The molecule has 1 saturated heterocycles. The highest BCUT2D eigenvalue weighted by molar-refractivity contribution is 6.63. The predicted octanol–water partition coefficient (Wildman–Crippen LogP) is 1.73. The monoisotopic (exact) mass is 289 g/mol. The van der Waals surface area contributed by atoms with Crippen molar-refractivity contribution in [2.75, 3.05) is 0 Å². The highest BCUT2D eigenvalue weighted by atomic mass is 16.7. The Balaban J connectivity index is 1.97. The van der Waals surface area contributed by atoms with E-state index in [1.54, 1.807) is 12.3 Å². The molecule has 5 nitrogen and oxygen atoms in total. The number of rotatable bonds is 4. The maximum Gasteiger partial charge on any atom is 0.498 e. The molecule has 0 spiro atoms. The molecule has 112 valence electrons. The first kappa shape index (κ1) is 14.5. The summed E-state index contributed by atoms with van der Waals surface area (Å²) in [6.07, 6.45) is 4.50. The number of ether oxygens (including phenoxy) is 1. The molecule has 2 aliphatic rings. The maximum absolute atomic E-state index is 11.2. The van der Waals surface area contributed by atoms with E-state index < -0.39 is 18.3 Å². The SMILES string of the molecule is CC1(C)OB(c2ccnc(C=O)c2OC2CC2)OC1(C)C. The molecule has 0 amide bonds. The summed E-state index contributed by atoms with van der Waals surface area (Å²) in [7, 11) is -0.551. The molecule has 0 bridgehead atoms. The van der Waals surface area contributed by atoms with Crippen molar-refractivity contribution in [1.29, 1.82) is 0 Å². The molecule has 1 aromatic rings. The second kappa shape index (κ2) is 4.82. The normalized spacial score (nSPS) is 23.1. The number of carbonyl (C=O) groups is 1. The first-order valence-electron chi connectivity index (χ1n) is 7.30. The summed E-state index contributed by atoms with van der Waals surface area (Å²) in [6.45, 7) is 7.99. The summed E-state index contributed by atoms with van der Waals surface area (Å²) < 4.78 is 18.0. The van der Waals surface area contributed by atoms with E-state index >= 15 is 0 Å². The van der Waals surface area contributed by atoms with Crippen molar-refractivity contribution < 1.29 is 18.8 Å². The van der Waals surface area contributed by atoms with Crippen LogP contribution in [-0.2, 0) is 9.31 Å². The molecule has 0 radical (unpaired) electrons. The summed E-state index contributed by atoms with van der Waals surface area (Å²) >= 11 is 0. The molecule has 6 heteroatoms. The Morgan fingerprint density at radius 3 is 2.43 bits per heavy atom. The van der Waals surface area contributed by atoms with Crippen molar-refractivity contribution in [2.45, 2.75) is 57.8 Å². The van der Waals surface area contributed by atoms with Crippen molar-refractivity contribution in [2.24, 2.45) is 0 Å². The molecule has 3 rings (SSSR count). The van der Waals surface area contributed by atoms with Gasteiger partial charge in [0.1, 0.15) is 11.4 Å². The van der Waals surface area contributed by atoms with Crippen LogP contribution < -0.4 is 10.2 Å². The van der Waals surface area contributed by atoms with Gasteiger partial charge < -0.3 is 14.0 Å². The van der Waals surface area contributed by atoms with Crippen molar-refractivity contribution in [3.8, 4) is 5.75 Å². The van der Waals surface area contributed by atoms with E-state index in [4.69, 9.17) is 14.0 Å². The Labute approximate surface area is 125 Å². The van der Waals surface area contributed by atoms with Gasteiger partial charge in [0.25, 0.3) is 0 Å². The average Bonchev–Trinajstić information content (AvgIpc) is 3.17. The van der Waals surface area contributed by atoms with Gasteiger partial charge in [0.05, 0.1) is 17.3 Å². The van der Waals surface area contributed by atoms with Crippen molar-refractivity contribution in [3.05, 3.63) is 18.0 Å². The Morgan fingerprint density at radius 2 is 1.90 bits per heavy atom. The number of carbonyl (C=O) groups excluding carboxylic acids is 1. The Hall–Kier alpha value is -1.40. The van der Waals surface area contributed by atoms with Crippen molar-refractivity contribution >= 4 is 18.9 Å². The summed E-state index contributed by atoms with van der Waals surface area (Å²) in [5, 5.41) is 0. The van der Waals surface area contributed by atoms with Gasteiger partial charge in [-0.05, 0) is 46.6 Å². The first-order chi connectivity index (χ1) is 9.84. The van der Waals surface area contributed by atoms with E-state index in [1.807, 2.05) is 27.7 Å². The van der Waals surface area contributed by atoms with Crippen molar-refractivity contribution in [3.63, 3.8) is 0 Å². The molecular formula is C15H20BNO4. The Bertz CT molecular complexity index is 553. The average molecular weight is 289 g/mol. The largest absolute Gasteiger partial charge is 0.498 e. The minimum absolute atomic E-state index is 0.175. The van der Waals surface area contributed by atoms with Crippen LogP contribution in [0.5, 0.6) is 5.75 Å². The molecule has 21 heavy (non-hydrogen) atoms. The van der Waals surface area contributed by atoms with Gasteiger partial charge in [-0.3, -0.25) is 4.79 Å². The highest BCUT2D eigenvalue weighted by Gasteiger charge is 2.52. The fourth-order valence-electron chi connectivity index (χ4n) is 2.20. The van der Waals surface area contributed by atoms with Gasteiger partial charge in [0.2, 0.25) is 0 Å². The summed E-state index contributed by atoms with van der Waals surface area (Å²) in [4.78, 5) is 15.3. The smallest absolute Gasteiger partial charge is 0.488 e. The Morgan fingerprint density at radius 1 is 1.29 bits per heavy atom. The second-order valence-corrected chi connectivity index (χ2v) is 6.64. The van der Waals surface area contributed by atoms with Crippen LogP contribution in [0.15, 0.2) is 12.3 Å². The van der Waals surface area contributed by atoms with Gasteiger partial charge in [-0.15, -0.1) is 0 Å². The number of aromatic nitrogens is 1. The fourth-order valence-corrected chi connectivity index (χ4v) is 2.20. The molecule has 1 aromatic heterocycles. The third-order valence-corrected chi connectivity index (χ3v) is 4.39. The van der Waals surface area contributed by atoms with Gasteiger partial charge in [-0.25, -0.2) is 4.98 Å². The van der Waals surface area contributed by atoms with Gasteiger partial charge in [0, 0.05) is 11.7 Å². The van der Waals surface area contributed by atoms with Crippen LogP contribution in [-0.4, -0.2) is 35.7 Å². The maximum atomic E-state index is 11.2. The summed E-state index contributed by atoms with van der Waals surface area (Å²) in [6, 6.07) is 1.80. The van der Waals surface area contributed by atoms with Gasteiger partial charge in [-0.1, -0.05) is 0 Å². The minimum atomic E-state index is -0.551. The molecule has 2 fully saturated rings. The van der Waals surface area contributed by atoms with E-state index in [1.165, 1.54) is 0 Å². The fraction of sp³-hybridized carbons (Fsp3) is 0.600. The summed E-state index contributed by atoms with van der Waals surface area (Å²) in [5.74, 6) is 0.494. The second-order valence-electron chi connectivity index (χ2n) is 6.64. The molecular weight excluding hydrogens is 269 g/mol. The summed E-state index contributed by atoms with van der Waals surface area (Å²) in [5.41, 5.74) is 0.171. The third-order valence-electron chi connectivity index (χ3n) is 4.39. The van der Waals surface area contributed by atoms with Gasteiger partial charge in [-0.2, -0.15) is 0 Å². The number of hydrogen-bond donors (Lipinski definition) is 0. The molecule has 1 aliphatic heterocycles. The lowest BCUT2D eigenvalue weighted by molar-refractivity contribution is 0.00578. The molecule has 0 aromatic carbocycles. The third kappa shape index (κ3) is 2.58. The highest BCUT2D eigenvalue weighted by Crippen LogP contribution is 2.37. The molecule has 0 atom stereocenters. The van der Waals surface area contributed by atoms with E-state index in [2.05, 4.69) is 4.98 Å². The predicted molar refractivity (Wildman–Crippen MR) is 79.0 cm³/mol. The number of aldehydes is 1. The van der Waals surface area contributed by atoms with Crippen LogP contribution >= 0.6 is 0 Å². The molecule has 0 unspecified atom stereocenters. The zero-order valence-electron chi connectivity index (χ0n) is 12.9.